The third-order valence-corrected chi connectivity index (χ3v) is 1.86. The number of rotatable bonds is 0. The molecule has 0 aliphatic rings. The zero-order valence-electron chi connectivity index (χ0n) is 6.91. The maximum Gasteiger partial charge on any atom is 0.0706 e. The van der Waals surface area contributed by atoms with Crippen LogP contribution in [0.5, 0.6) is 0 Å². The molecule has 0 atom stereocenters. The molecule has 12 heavy (non-hydrogen) atoms. The first-order valence-corrected chi connectivity index (χ1v) is 3.87. The van der Waals surface area contributed by atoms with Gasteiger partial charge < -0.3 is 5.73 Å². The van der Waals surface area contributed by atoms with Crippen molar-refractivity contribution in [3.8, 4) is 0 Å². The fraction of sp³-hybridized carbons (Fsp3) is 0.100. The molecule has 0 aliphatic carbocycles. The smallest absolute Gasteiger partial charge is 0.0706 e. The number of aryl methyl sites for hydroxylation is 1. The lowest BCUT2D eigenvalue weighted by Gasteiger charge is -1.98. The van der Waals surface area contributed by atoms with E-state index >= 15 is 0 Å². The average Bonchev–Trinajstić information content (AvgIpc) is 2.05. The normalized spacial score (nSPS) is 10.4. The highest BCUT2D eigenvalue weighted by Crippen LogP contribution is 2.15. The van der Waals surface area contributed by atoms with Gasteiger partial charge in [-0.2, -0.15) is 0 Å². The van der Waals surface area contributed by atoms with Crippen LogP contribution in [0.4, 0.5) is 5.69 Å². The van der Waals surface area contributed by atoms with Crippen molar-refractivity contribution in [3.05, 3.63) is 36.0 Å². The Hall–Kier alpha value is -1.57. The molecule has 2 N–H and O–H groups in total. The largest absolute Gasteiger partial charge is 0.397 e. The molecule has 0 spiro atoms. The van der Waals surface area contributed by atoms with Crippen molar-refractivity contribution in [1.82, 2.24) is 4.98 Å². The van der Waals surface area contributed by atoms with E-state index in [1.807, 2.05) is 12.1 Å². The predicted octanol–water partition coefficient (Wildman–Crippen LogP) is 2.13. The molecule has 0 radical (unpaired) electrons. The van der Waals surface area contributed by atoms with Crippen LogP contribution in [-0.2, 0) is 0 Å². The Morgan fingerprint density at radius 3 is 2.92 bits per heavy atom. The molecule has 2 heteroatoms. The Kier molecular flexibility index (Phi) is 1.47. The number of benzene rings is 1. The number of nitrogen functional groups attached to an aromatic ring is 1. The molecule has 0 saturated carbocycles. The number of nitrogens with two attached hydrogens (primary N) is 1. The molecule has 60 valence electrons. The lowest BCUT2D eigenvalue weighted by molar-refractivity contribution is 1.39. The summed E-state index contributed by atoms with van der Waals surface area (Å²) in [5.74, 6) is 0. The van der Waals surface area contributed by atoms with Gasteiger partial charge in [-0.3, -0.25) is 4.98 Å². The van der Waals surface area contributed by atoms with Crippen LogP contribution < -0.4 is 5.73 Å². The highest BCUT2D eigenvalue weighted by molar-refractivity contribution is 5.81. The fourth-order valence-corrected chi connectivity index (χ4v) is 1.25. The van der Waals surface area contributed by atoms with E-state index in [0.29, 0.717) is 5.69 Å². The van der Waals surface area contributed by atoms with Crippen LogP contribution in [-0.4, -0.2) is 4.98 Å². The highest BCUT2D eigenvalue weighted by atomic mass is 14.7. The van der Waals surface area contributed by atoms with E-state index in [1.54, 1.807) is 6.20 Å². The van der Waals surface area contributed by atoms with E-state index in [9.17, 15) is 0 Å². The van der Waals surface area contributed by atoms with Gasteiger partial charge in [-0.15, -0.1) is 0 Å². The van der Waals surface area contributed by atoms with Gasteiger partial charge in [0.25, 0.3) is 0 Å². The molecule has 0 bridgehead atoms. The second-order valence-corrected chi connectivity index (χ2v) is 2.96. The summed E-state index contributed by atoms with van der Waals surface area (Å²) in [5, 5.41) is 1.10. The summed E-state index contributed by atoms with van der Waals surface area (Å²) in [6, 6.07) is 8.08. The summed E-state index contributed by atoms with van der Waals surface area (Å²) in [6.45, 7) is 2.05. The van der Waals surface area contributed by atoms with E-state index in [1.165, 1.54) is 5.56 Å². The molecule has 2 nitrogen and oxygen atoms in total. The summed E-state index contributed by atoms with van der Waals surface area (Å²) in [4.78, 5) is 4.22. The maximum absolute atomic E-state index is 5.60. The lowest BCUT2D eigenvalue weighted by Crippen LogP contribution is -1.87. The summed E-state index contributed by atoms with van der Waals surface area (Å²) in [7, 11) is 0. The van der Waals surface area contributed by atoms with Crippen LogP contribution in [0.1, 0.15) is 5.56 Å². The number of anilines is 1. The molecular weight excluding hydrogens is 148 g/mol. The van der Waals surface area contributed by atoms with Crippen molar-refractivity contribution in [1.29, 1.82) is 0 Å². The van der Waals surface area contributed by atoms with Crippen molar-refractivity contribution in [2.45, 2.75) is 6.92 Å². The molecule has 2 rings (SSSR count). The SMILES string of the molecule is Cc1ccc2cc(N)cnc2c1. The van der Waals surface area contributed by atoms with Gasteiger partial charge in [0.2, 0.25) is 0 Å². The van der Waals surface area contributed by atoms with Gasteiger partial charge in [-0.25, -0.2) is 0 Å². The minimum Gasteiger partial charge on any atom is -0.397 e. The van der Waals surface area contributed by atoms with Gasteiger partial charge >= 0.3 is 0 Å². The Morgan fingerprint density at radius 1 is 1.25 bits per heavy atom. The van der Waals surface area contributed by atoms with Gasteiger partial charge in [0, 0.05) is 5.39 Å². The monoisotopic (exact) mass is 158 g/mol. The fourth-order valence-electron chi connectivity index (χ4n) is 1.25. The minimum atomic E-state index is 0.714. The number of pyridine rings is 1. The molecule has 1 aromatic carbocycles. The average molecular weight is 158 g/mol. The second-order valence-electron chi connectivity index (χ2n) is 2.96. The van der Waals surface area contributed by atoms with Gasteiger partial charge in [-0.1, -0.05) is 12.1 Å². The van der Waals surface area contributed by atoms with Crippen molar-refractivity contribution in [3.63, 3.8) is 0 Å². The first-order chi connectivity index (χ1) is 5.75. The lowest BCUT2D eigenvalue weighted by atomic mass is 10.1. The molecule has 0 saturated heterocycles. The Balaban J connectivity index is 2.79. The molecule has 1 aromatic heterocycles. The Morgan fingerprint density at radius 2 is 2.08 bits per heavy atom. The molecule has 0 aliphatic heterocycles. The molecule has 0 fully saturated rings. The third-order valence-electron chi connectivity index (χ3n) is 1.86. The number of hydrogen-bond donors (Lipinski definition) is 1. The summed E-state index contributed by atoms with van der Waals surface area (Å²) in [6.07, 6.45) is 1.68. The Labute approximate surface area is 71.0 Å². The third kappa shape index (κ3) is 1.11. The first kappa shape index (κ1) is 7.10. The minimum absolute atomic E-state index is 0.714. The number of nitrogens with zero attached hydrogens (tertiary/aromatic N) is 1. The number of hydrogen-bond acceptors (Lipinski definition) is 2. The van der Waals surface area contributed by atoms with Gasteiger partial charge in [-0.05, 0) is 24.6 Å². The number of aromatic nitrogens is 1. The molecule has 0 unspecified atom stereocenters. The topological polar surface area (TPSA) is 38.9 Å². The quantitative estimate of drug-likeness (QED) is 0.637. The van der Waals surface area contributed by atoms with E-state index in [0.717, 1.165) is 10.9 Å². The number of fused-ring (bicyclic) bond motifs is 1. The zero-order chi connectivity index (χ0) is 8.55. The van der Waals surface area contributed by atoms with Crippen LogP contribution in [0.2, 0.25) is 0 Å². The van der Waals surface area contributed by atoms with Crippen LogP contribution in [0.3, 0.4) is 0 Å². The van der Waals surface area contributed by atoms with E-state index < -0.39 is 0 Å². The standard InChI is InChI=1S/C10H10N2/c1-7-2-3-8-5-9(11)6-12-10(8)4-7/h2-6H,11H2,1H3. The zero-order valence-corrected chi connectivity index (χ0v) is 6.91. The van der Waals surface area contributed by atoms with Gasteiger partial charge in [0.05, 0.1) is 17.4 Å². The van der Waals surface area contributed by atoms with E-state index in [4.69, 9.17) is 5.73 Å². The van der Waals surface area contributed by atoms with E-state index in [2.05, 4.69) is 24.0 Å². The van der Waals surface area contributed by atoms with Crippen LogP contribution in [0.25, 0.3) is 10.9 Å². The molecule has 2 aromatic rings. The highest BCUT2D eigenvalue weighted by Gasteiger charge is 1.94. The van der Waals surface area contributed by atoms with E-state index in [-0.39, 0.29) is 0 Å². The van der Waals surface area contributed by atoms with Gasteiger partial charge in [0.15, 0.2) is 0 Å². The van der Waals surface area contributed by atoms with Crippen LogP contribution in [0.15, 0.2) is 30.5 Å². The van der Waals surface area contributed by atoms with Crippen molar-refractivity contribution >= 4 is 16.6 Å². The molecular formula is C10H10N2. The summed E-state index contributed by atoms with van der Waals surface area (Å²) >= 11 is 0. The Bertz CT molecular complexity index is 380. The van der Waals surface area contributed by atoms with Crippen molar-refractivity contribution < 1.29 is 0 Å². The second kappa shape index (κ2) is 2.48. The van der Waals surface area contributed by atoms with Crippen LogP contribution in [0, 0.1) is 6.92 Å². The predicted molar refractivity (Wildman–Crippen MR) is 50.9 cm³/mol. The molecule has 1 heterocycles. The van der Waals surface area contributed by atoms with Crippen LogP contribution >= 0.6 is 0 Å². The van der Waals surface area contributed by atoms with Crippen molar-refractivity contribution in [2.24, 2.45) is 0 Å². The van der Waals surface area contributed by atoms with Crippen molar-refractivity contribution in [2.75, 3.05) is 5.73 Å². The first-order valence-electron chi connectivity index (χ1n) is 3.87. The molecule has 0 amide bonds. The summed E-state index contributed by atoms with van der Waals surface area (Å²) in [5.41, 5.74) is 8.54. The van der Waals surface area contributed by atoms with Gasteiger partial charge in [0.1, 0.15) is 0 Å². The maximum atomic E-state index is 5.60. The summed E-state index contributed by atoms with van der Waals surface area (Å²) < 4.78 is 0.